The van der Waals surface area contributed by atoms with Crippen LogP contribution in [0.15, 0.2) is 35.1 Å². The van der Waals surface area contributed by atoms with Crippen LogP contribution in [0, 0.1) is 3.57 Å². The molecule has 16 heavy (non-hydrogen) atoms. The molecular formula is C11H11BrIN3. The third-order valence-electron chi connectivity index (χ3n) is 2.43. The van der Waals surface area contributed by atoms with Crippen molar-refractivity contribution >= 4 is 38.5 Å². The fraction of sp³-hybridized carbons (Fsp3) is 0.182. The van der Waals surface area contributed by atoms with E-state index in [9.17, 15) is 0 Å². The molecule has 3 nitrogen and oxygen atoms in total. The number of hydrogen-bond donors (Lipinski definition) is 1. The van der Waals surface area contributed by atoms with Crippen molar-refractivity contribution in [3.05, 3.63) is 50.0 Å². The number of halogens is 2. The second-order valence-electron chi connectivity index (χ2n) is 3.54. The lowest BCUT2D eigenvalue weighted by Gasteiger charge is -2.14. The van der Waals surface area contributed by atoms with Crippen molar-refractivity contribution in [3.63, 3.8) is 0 Å². The molecule has 5 heteroatoms. The van der Waals surface area contributed by atoms with Crippen molar-refractivity contribution in [1.82, 2.24) is 9.55 Å². The molecule has 2 aromatic rings. The standard InChI is InChI=1S/C11H11BrIN3/c1-16-5-4-15-11(16)10(14)8-6-7(12)2-3-9(8)13/h2-6,10H,14H2,1H3. The number of hydrogen-bond acceptors (Lipinski definition) is 2. The maximum Gasteiger partial charge on any atom is 0.130 e. The van der Waals surface area contributed by atoms with Crippen molar-refractivity contribution in [3.8, 4) is 0 Å². The van der Waals surface area contributed by atoms with Crippen LogP contribution >= 0.6 is 38.5 Å². The van der Waals surface area contributed by atoms with Crippen LogP contribution in [0.5, 0.6) is 0 Å². The number of imidazole rings is 1. The molecule has 2 rings (SSSR count). The van der Waals surface area contributed by atoms with Crippen LogP contribution in [-0.2, 0) is 7.05 Å². The van der Waals surface area contributed by atoms with Gasteiger partial charge in [0.1, 0.15) is 5.82 Å². The molecule has 84 valence electrons. The number of aromatic nitrogens is 2. The van der Waals surface area contributed by atoms with E-state index < -0.39 is 0 Å². The summed E-state index contributed by atoms with van der Waals surface area (Å²) in [5.41, 5.74) is 7.31. The zero-order valence-electron chi connectivity index (χ0n) is 8.69. The molecular weight excluding hydrogens is 381 g/mol. The van der Waals surface area contributed by atoms with Crippen molar-refractivity contribution in [2.75, 3.05) is 0 Å². The smallest absolute Gasteiger partial charge is 0.130 e. The Hall–Kier alpha value is -0.400. The van der Waals surface area contributed by atoms with Crippen molar-refractivity contribution in [2.24, 2.45) is 12.8 Å². The highest BCUT2D eigenvalue weighted by molar-refractivity contribution is 14.1. The number of benzene rings is 1. The van der Waals surface area contributed by atoms with Crippen LogP contribution in [0.4, 0.5) is 0 Å². The minimum absolute atomic E-state index is 0.190. The van der Waals surface area contributed by atoms with Gasteiger partial charge in [-0.1, -0.05) is 15.9 Å². The topological polar surface area (TPSA) is 43.8 Å². The molecule has 0 spiro atoms. The molecule has 1 unspecified atom stereocenters. The maximum atomic E-state index is 6.22. The summed E-state index contributed by atoms with van der Waals surface area (Å²) in [5, 5.41) is 0. The Morgan fingerprint density at radius 3 is 2.88 bits per heavy atom. The summed E-state index contributed by atoms with van der Waals surface area (Å²) in [6.45, 7) is 0. The lowest BCUT2D eigenvalue weighted by Crippen LogP contribution is -2.17. The Kier molecular flexibility index (Phi) is 3.66. The monoisotopic (exact) mass is 391 g/mol. The minimum Gasteiger partial charge on any atom is -0.336 e. The van der Waals surface area contributed by atoms with Crippen molar-refractivity contribution in [2.45, 2.75) is 6.04 Å². The highest BCUT2D eigenvalue weighted by atomic mass is 127. The van der Waals surface area contributed by atoms with E-state index >= 15 is 0 Å². The number of aryl methyl sites for hydroxylation is 1. The summed E-state index contributed by atoms with van der Waals surface area (Å²) < 4.78 is 4.13. The highest BCUT2D eigenvalue weighted by Crippen LogP contribution is 2.26. The van der Waals surface area contributed by atoms with Gasteiger partial charge in [-0.15, -0.1) is 0 Å². The van der Waals surface area contributed by atoms with Gasteiger partial charge in [0.25, 0.3) is 0 Å². The molecule has 0 saturated carbocycles. The van der Waals surface area contributed by atoms with Crippen LogP contribution in [0.2, 0.25) is 0 Å². The van der Waals surface area contributed by atoms with Crippen LogP contribution in [0.3, 0.4) is 0 Å². The lowest BCUT2D eigenvalue weighted by molar-refractivity contribution is 0.714. The molecule has 0 radical (unpaired) electrons. The fourth-order valence-corrected chi connectivity index (χ4v) is 2.62. The SMILES string of the molecule is Cn1ccnc1C(N)c1cc(Br)ccc1I. The van der Waals surface area contributed by atoms with Crippen LogP contribution in [0.25, 0.3) is 0 Å². The van der Waals surface area contributed by atoms with Gasteiger partial charge in [-0.05, 0) is 46.4 Å². The van der Waals surface area contributed by atoms with Gasteiger partial charge in [0, 0.05) is 27.5 Å². The zero-order chi connectivity index (χ0) is 11.7. The van der Waals surface area contributed by atoms with Gasteiger partial charge >= 0.3 is 0 Å². The second kappa shape index (κ2) is 4.85. The van der Waals surface area contributed by atoms with E-state index in [2.05, 4.69) is 43.5 Å². The Morgan fingerprint density at radius 2 is 2.25 bits per heavy atom. The summed E-state index contributed by atoms with van der Waals surface area (Å²) in [5.74, 6) is 0.871. The van der Waals surface area contributed by atoms with Crippen LogP contribution in [-0.4, -0.2) is 9.55 Å². The van der Waals surface area contributed by atoms with Gasteiger partial charge in [-0.3, -0.25) is 0 Å². The van der Waals surface area contributed by atoms with Crippen LogP contribution in [0.1, 0.15) is 17.4 Å². The Labute approximate surface area is 116 Å². The highest BCUT2D eigenvalue weighted by Gasteiger charge is 2.16. The first-order valence-electron chi connectivity index (χ1n) is 4.77. The minimum atomic E-state index is -0.190. The van der Waals surface area contributed by atoms with E-state index in [4.69, 9.17) is 5.73 Å². The molecule has 1 atom stereocenters. The molecule has 0 aliphatic rings. The predicted molar refractivity (Wildman–Crippen MR) is 76.1 cm³/mol. The summed E-state index contributed by atoms with van der Waals surface area (Å²) in [7, 11) is 1.95. The quantitative estimate of drug-likeness (QED) is 0.800. The normalized spacial score (nSPS) is 12.8. The van der Waals surface area contributed by atoms with Gasteiger partial charge in [0.15, 0.2) is 0 Å². The summed E-state index contributed by atoms with van der Waals surface area (Å²) in [4.78, 5) is 4.28. The summed E-state index contributed by atoms with van der Waals surface area (Å²) in [6.07, 6.45) is 3.67. The van der Waals surface area contributed by atoms with Crippen molar-refractivity contribution < 1.29 is 0 Å². The number of nitrogens with zero attached hydrogens (tertiary/aromatic N) is 2. The summed E-state index contributed by atoms with van der Waals surface area (Å²) in [6, 6.07) is 5.91. The van der Waals surface area contributed by atoms with E-state index in [1.165, 1.54) is 0 Å². The van der Waals surface area contributed by atoms with E-state index in [0.29, 0.717) is 0 Å². The number of rotatable bonds is 2. The first kappa shape index (κ1) is 12.1. The van der Waals surface area contributed by atoms with Crippen LogP contribution < -0.4 is 5.73 Å². The third-order valence-corrected chi connectivity index (χ3v) is 3.91. The molecule has 0 fully saturated rings. The third kappa shape index (κ3) is 2.31. The van der Waals surface area contributed by atoms with E-state index in [0.717, 1.165) is 19.4 Å². The molecule has 1 heterocycles. The molecule has 0 aliphatic carbocycles. The lowest BCUT2D eigenvalue weighted by atomic mass is 10.1. The van der Waals surface area contributed by atoms with Gasteiger partial charge < -0.3 is 10.3 Å². The average Bonchev–Trinajstić information content (AvgIpc) is 2.67. The van der Waals surface area contributed by atoms with E-state index in [1.54, 1.807) is 6.20 Å². The Bertz CT molecular complexity index is 510. The van der Waals surface area contributed by atoms with Gasteiger partial charge in [0.2, 0.25) is 0 Å². The Morgan fingerprint density at radius 1 is 1.50 bits per heavy atom. The molecule has 0 amide bonds. The Balaban J connectivity index is 2.45. The zero-order valence-corrected chi connectivity index (χ0v) is 12.4. The summed E-state index contributed by atoms with van der Waals surface area (Å²) >= 11 is 5.75. The first-order chi connectivity index (χ1) is 7.59. The maximum absolute atomic E-state index is 6.22. The molecule has 0 aliphatic heterocycles. The van der Waals surface area contributed by atoms with Gasteiger partial charge in [0.05, 0.1) is 6.04 Å². The van der Waals surface area contributed by atoms with E-state index in [-0.39, 0.29) is 6.04 Å². The largest absolute Gasteiger partial charge is 0.336 e. The molecule has 0 saturated heterocycles. The first-order valence-corrected chi connectivity index (χ1v) is 6.64. The van der Waals surface area contributed by atoms with E-state index in [1.807, 2.05) is 36.0 Å². The molecule has 0 bridgehead atoms. The molecule has 2 N–H and O–H groups in total. The van der Waals surface area contributed by atoms with Gasteiger partial charge in [-0.25, -0.2) is 4.98 Å². The molecule has 1 aromatic carbocycles. The predicted octanol–water partition coefficient (Wildman–Crippen LogP) is 2.84. The van der Waals surface area contributed by atoms with Crippen molar-refractivity contribution in [1.29, 1.82) is 0 Å². The average molecular weight is 392 g/mol. The number of nitrogens with two attached hydrogens (primary N) is 1. The van der Waals surface area contributed by atoms with Gasteiger partial charge in [-0.2, -0.15) is 0 Å². The molecule has 1 aromatic heterocycles. The fourth-order valence-electron chi connectivity index (χ4n) is 1.57. The second-order valence-corrected chi connectivity index (χ2v) is 5.62.